The predicted molar refractivity (Wildman–Crippen MR) is 111 cm³/mol. The first-order chi connectivity index (χ1) is 13.9. The second kappa shape index (κ2) is 7.29. The fourth-order valence-corrected chi connectivity index (χ4v) is 4.50. The molecule has 2 heterocycles. The summed E-state index contributed by atoms with van der Waals surface area (Å²) in [5.41, 5.74) is 2.82. The van der Waals surface area contributed by atoms with E-state index in [-0.39, 0.29) is 16.9 Å². The molecule has 4 rings (SSSR count). The highest BCUT2D eigenvalue weighted by atomic mass is 32.1. The number of carbonyl (C=O) groups excluding carboxylic acids is 2. The highest BCUT2D eigenvalue weighted by Gasteiger charge is 2.47. The molecule has 3 aromatic rings. The Kier molecular flexibility index (Phi) is 4.80. The Morgan fingerprint density at radius 2 is 1.66 bits per heavy atom. The number of hydrogen-bond acceptors (Lipinski definition) is 4. The first kappa shape index (κ1) is 19.1. The van der Waals surface area contributed by atoms with Gasteiger partial charge in [-0.15, -0.1) is 11.3 Å². The molecule has 146 valence electrons. The molecule has 0 saturated carbocycles. The van der Waals surface area contributed by atoms with Crippen molar-refractivity contribution < 1.29 is 19.1 Å². The maximum absolute atomic E-state index is 13.3. The van der Waals surface area contributed by atoms with Crippen molar-refractivity contribution in [2.75, 3.05) is 4.90 Å². The molecule has 1 aromatic heterocycles. The quantitative estimate of drug-likeness (QED) is 0.372. The Hall–Kier alpha value is -3.25. The van der Waals surface area contributed by atoms with Crippen LogP contribution in [0.1, 0.15) is 27.6 Å². The Morgan fingerprint density at radius 3 is 2.24 bits per heavy atom. The summed E-state index contributed by atoms with van der Waals surface area (Å²) in [7, 11) is 0. The third kappa shape index (κ3) is 3.25. The summed E-state index contributed by atoms with van der Waals surface area (Å²) in [5, 5.41) is 12.8. The summed E-state index contributed by atoms with van der Waals surface area (Å²) in [6.07, 6.45) is 0. The second-order valence-electron chi connectivity index (χ2n) is 6.98. The molecule has 2 aromatic carbocycles. The van der Waals surface area contributed by atoms with Crippen LogP contribution in [0.4, 0.5) is 10.1 Å². The van der Waals surface area contributed by atoms with E-state index in [0.29, 0.717) is 5.69 Å². The minimum absolute atomic E-state index is 0.00716. The molecule has 6 heteroatoms. The van der Waals surface area contributed by atoms with Gasteiger partial charge in [0, 0.05) is 16.1 Å². The van der Waals surface area contributed by atoms with Crippen molar-refractivity contribution in [3.05, 3.63) is 92.9 Å². The minimum atomic E-state index is -0.759. The lowest BCUT2D eigenvalue weighted by Gasteiger charge is -2.25. The molecular weight excluding hydrogens is 389 g/mol. The molecule has 29 heavy (non-hydrogen) atoms. The van der Waals surface area contributed by atoms with E-state index in [0.717, 1.165) is 16.0 Å². The maximum atomic E-state index is 13.3. The molecule has 4 nitrogen and oxygen atoms in total. The smallest absolute Gasteiger partial charge is 0.300 e. The van der Waals surface area contributed by atoms with Gasteiger partial charge in [0.15, 0.2) is 0 Å². The topological polar surface area (TPSA) is 57.6 Å². The average Bonchev–Trinajstić information content (AvgIpc) is 3.24. The van der Waals surface area contributed by atoms with Gasteiger partial charge in [-0.2, -0.15) is 0 Å². The summed E-state index contributed by atoms with van der Waals surface area (Å²) in [6, 6.07) is 13.7. The number of benzene rings is 2. The molecule has 1 amide bonds. The van der Waals surface area contributed by atoms with Crippen molar-refractivity contribution in [2.24, 2.45) is 0 Å². The van der Waals surface area contributed by atoms with Crippen LogP contribution < -0.4 is 4.90 Å². The predicted octanol–water partition coefficient (Wildman–Crippen LogP) is 5.13. The van der Waals surface area contributed by atoms with Crippen LogP contribution in [0.3, 0.4) is 0 Å². The van der Waals surface area contributed by atoms with E-state index in [1.807, 2.05) is 37.4 Å². The van der Waals surface area contributed by atoms with Gasteiger partial charge < -0.3 is 5.11 Å². The highest BCUT2D eigenvalue weighted by molar-refractivity contribution is 7.10. The lowest BCUT2D eigenvalue weighted by molar-refractivity contribution is -0.132. The average molecular weight is 407 g/mol. The zero-order valence-corrected chi connectivity index (χ0v) is 16.7. The molecule has 1 aliphatic heterocycles. The van der Waals surface area contributed by atoms with Crippen molar-refractivity contribution in [3.8, 4) is 0 Å². The molecule has 1 N–H and O–H groups in total. The molecule has 1 fully saturated rings. The van der Waals surface area contributed by atoms with Crippen LogP contribution in [0.2, 0.25) is 0 Å². The van der Waals surface area contributed by atoms with Crippen LogP contribution in [0.15, 0.2) is 65.6 Å². The van der Waals surface area contributed by atoms with Crippen LogP contribution >= 0.6 is 11.3 Å². The molecule has 1 saturated heterocycles. The van der Waals surface area contributed by atoms with Crippen LogP contribution in [0, 0.1) is 19.7 Å². The van der Waals surface area contributed by atoms with Gasteiger partial charge in [0.2, 0.25) is 0 Å². The van der Waals surface area contributed by atoms with Crippen LogP contribution in [0.25, 0.3) is 5.76 Å². The third-order valence-corrected chi connectivity index (χ3v) is 6.10. The van der Waals surface area contributed by atoms with Gasteiger partial charge in [0.25, 0.3) is 11.7 Å². The number of hydrogen-bond donors (Lipinski definition) is 1. The zero-order chi connectivity index (χ0) is 20.7. The molecular formula is C23H18FNO3S. The van der Waals surface area contributed by atoms with Gasteiger partial charge in [-0.25, -0.2) is 4.39 Å². The number of anilines is 1. The monoisotopic (exact) mass is 407 g/mol. The van der Waals surface area contributed by atoms with E-state index in [2.05, 4.69) is 0 Å². The summed E-state index contributed by atoms with van der Waals surface area (Å²) in [5.74, 6) is -2.22. The summed E-state index contributed by atoms with van der Waals surface area (Å²) >= 11 is 1.42. The molecule has 1 atom stereocenters. The lowest BCUT2D eigenvalue weighted by atomic mass is 9.98. The van der Waals surface area contributed by atoms with Crippen molar-refractivity contribution >= 4 is 34.5 Å². The van der Waals surface area contributed by atoms with Crippen molar-refractivity contribution in [1.82, 2.24) is 0 Å². The molecule has 0 aliphatic carbocycles. The zero-order valence-electron chi connectivity index (χ0n) is 15.8. The van der Waals surface area contributed by atoms with Gasteiger partial charge in [-0.05, 0) is 67.3 Å². The van der Waals surface area contributed by atoms with E-state index >= 15 is 0 Å². The minimum Gasteiger partial charge on any atom is -0.507 e. The van der Waals surface area contributed by atoms with E-state index in [1.165, 1.54) is 40.5 Å². The van der Waals surface area contributed by atoms with E-state index in [9.17, 15) is 19.1 Å². The van der Waals surface area contributed by atoms with E-state index in [4.69, 9.17) is 0 Å². The number of halogens is 1. The summed E-state index contributed by atoms with van der Waals surface area (Å²) < 4.78 is 13.3. The second-order valence-corrected chi connectivity index (χ2v) is 7.93. The number of thiophene rings is 1. The number of aliphatic hydroxyl groups is 1. The molecule has 1 unspecified atom stereocenters. The Bertz CT molecular complexity index is 1130. The molecule has 1 aliphatic rings. The largest absolute Gasteiger partial charge is 0.507 e. The number of carbonyl (C=O) groups is 2. The first-order valence-electron chi connectivity index (χ1n) is 9.06. The number of nitrogens with zero attached hydrogens (tertiary/aromatic N) is 1. The van der Waals surface area contributed by atoms with Crippen LogP contribution in [-0.2, 0) is 9.59 Å². The number of Topliss-reactive ketones (excluding diaryl/α,β-unsaturated/α-hetero) is 1. The van der Waals surface area contributed by atoms with Gasteiger partial charge in [-0.1, -0.05) is 17.7 Å². The first-order valence-corrected chi connectivity index (χ1v) is 9.94. The maximum Gasteiger partial charge on any atom is 0.300 e. The Balaban J connectivity index is 1.94. The Labute approximate surface area is 171 Å². The SMILES string of the molecule is Cc1ccc(N2C(=O)C(=O)/C(=C(\O)c3ccc(F)cc3)C2c2sccc2C)cc1. The van der Waals surface area contributed by atoms with Crippen molar-refractivity contribution in [2.45, 2.75) is 19.9 Å². The standard InChI is InChI=1S/C23H18FNO3S/c1-13-3-9-17(10-4-13)25-19(22-14(2)11-12-29-22)18(21(27)23(25)28)20(26)15-5-7-16(24)8-6-15/h3-12,19,26H,1-2H3/b20-18-. The molecule has 0 radical (unpaired) electrons. The normalized spacial score (nSPS) is 18.4. The molecule has 0 bridgehead atoms. The number of aryl methyl sites for hydroxylation is 2. The van der Waals surface area contributed by atoms with Gasteiger partial charge in [0.05, 0.1) is 5.57 Å². The van der Waals surface area contributed by atoms with Crippen LogP contribution in [-0.4, -0.2) is 16.8 Å². The Morgan fingerprint density at radius 1 is 1.00 bits per heavy atom. The number of ketones is 1. The van der Waals surface area contributed by atoms with Gasteiger partial charge in [-0.3, -0.25) is 14.5 Å². The van der Waals surface area contributed by atoms with Crippen molar-refractivity contribution in [3.63, 3.8) is 0 Å². The van der Waals surface area contributed by atoms with E-state index in [1.54, 1.807) is 12.1 Å². The number of aliphatic hydroxyl groups excluding tert-OH is 1. The fourth-order valence-electron chi connectivity index (χ4n) is 3.48. The fraction of sp³-hybridized carbons (Fsp3) is 0.130. The van der Waals surface area contributed by atoms with E-state index < -0.39 is 23.5 Å². The molecule has 0 spiro atoms. The van der Waals surface area contributed by atoms with Crippen molar-refractivity contribution in [1.29, 1.82) is 0 Å². The van der Waals surface area contributed by atoms with Gasteiger partial charge >= 0.3 is 0 Å². The van der Waals surface area contributed by atoms with Gasteiger partial charge in [0.1, 0.15) is 17.6 Å². The number of amides is 1. The summed E-state index contributed by atoms with van der Waals surface area (Å²) in [6.45, 7) is 3.84. The third-order valence-electron chi connectivity index (χ3n) is 5.02. The number of rotatable bonds is 3. The summed E-state index contributed by atoms with van der Waals surface area (Å²) in [4.78, 5) is 28.2. The highest BCUT2D eigenvalue weighted by Crippen LogP contribution is 2.44. The lowest BCUT2D eigenvalue weighted by Crippen LogP contribution is -2.29. The van der Waals surface area contributed by atoms with Crippen LogP contribution in [0.5, 0.6) is 0 Å².